The van der Waals surface area contributed by atoms with E-state index in [1.165, 1.54) is 0 Å². The molecule has 114 valence electrons. The van der Waals surface area contributed by atoms with Gasteiger partial charge in [0.15, 0.2) is 0 Å². The zero-order chi connectivity index (χ0) is 16.1. The lowest BCUT2D eigenvalue weighted by Crippen LogP contribution is -2.41. The molecule has 0 unspecified atom stereocenters. The number of amides is 3. The van der Waals surface area contributed by atoms with Crippen LogP contribution >= 0.6 is 11.8 Å². The molecule has 7 nitrogen and oxygen atoms in total. The van der Waals surface area contributed by atoms with Crippen molar-refractivity contribution in [3.05, 3.63) is 40.8 Å². The molecule has 2 N–H and O–H groups in total. The Bertz CT molecular complexity index is 656. The third-order valence-corrected chi connectivity index (χ3v) is 3.62. The highest BCUT2D eigenvalue weighted by Gasteiger charge is 2.36. The molecule has 3 amide bonds. The summed E-state index contributed by atoms with van der Waals surface area (Å²) < 4.78 is 0. The standard InChI is InChI=1S/C14H12N2O5S/c17-11(15-7-12(18)19)8-16-13(20)10(22-14(16)21)6-9-4-2-1-3-5-9/h1-6H,7-8H2,(H,15,17)(H,18,19)/b10-6+. The van der Waals surface area contributed by atoms with Gasteiger partial charge in [-0.2, -0.15) is 0 Å². The quantitative estimate of drug-likeness (QED) is 0.782. The van der Waals surface area contributed by atoms with E-state index >= 15 is 0 Å². The molecular weight excluding hydrogens is 308 g/mol. The number of benzene rings is 1. The first kappa shape index (κ1) is 15.8. The lowest BCUT2D eigenvalue weighted by atomic mass is 10.2. The number of carboxylic acid groups (broad SMARTS) is 1. The first-order valence-corrected chi connectivity index (χ1v) is 7.08. The van der Waals surface area contributed by atoms with Gasteiger partial charge in [0.2, 0.25) is 5.91 Å². The van der Waals surface area contributed by atoms with Gasteiger partial charge < -0.3 is 10.4 Å². The van der Waals surface area contributed by atoms with Crippen molar-refractivity contribution < 1.29 is 24.3 Å². The lowest BCUT2D eigenvalue weighted by molar-refractivity contribution is -0.138. The molecule has 0 atom stereocenters. The molecule has 1 heterocycles. The van der Waals surface area contributed by atoms with Crippen molar-refractivity contribution in [1.82, 2.24) is 10.2 Å². The Labute approximate surface area is 130 Å². The lowest BCUT2D eigenvalue weighted by Gasteiger charge is -2.11. The Hall–Kier alpha value is -2.61. The average Bonchev–Trinajstić information content (AvgIpc) is 2.74. The second-order valence-electron chi connectivity index (χ2n) is 4.35. The monoisotopic (exact) mass is 320 g/mol. The smallest absolute Gasteiger partial charge is 0.322 e. The van der Waals surface area contributed by atoms with Crippen LogP contribution in [0.3, 0.4) is 0 Å². The van der Waals surface area contributed by atoms with Crippen LogP contribution in [0.2, 0.25) is 0 Å². The molecule has 1 aliphatic heterocycles. The van der Waals surface area contributed by atoms with Gasteiger partial charge in [-0.3, -0.25) is 24.1 Å². The number of imide groups is 1. The zero-order valence-corrected chi connectivity index (χ0v) is 12.1. The maximum absolute atomic E-state index is 12.1. The molecule has 22 heavy (non-hydrogen) atoms. The SMILES string of the molecule is O=C(O)CNC(=O)CN1C(=O)S/C(=C/c2ccccc2)C1=O. The van der Waals surface area contributed by atoms with Gasteiger partial charge in [0.25, 0.3) is 11.1 Å². The van der Waals surface area contributed by atoms with Gasteiger partial charge in [-0.15, -0.1) is 0 Å². The minimum atomic E-state index is -1.20. The van der Waals surface area contributed by atoms with E-state index in [1.807, 2.05) is 6.07 Å². The molecule has 8 heteroatoms. The Balaban J connectivity index is 2.04. The summed E-state index contributed by atoms with van der Waals surface area (Å²) in [6.45, 7) is -1.06. The Morgan fingerprint density at radius 3 is 2.55 bits per heavy atom. The molecule has 0 aromatic heterocycles. The maximum atomic E-state index is 12.1. The number of carboxylic acids is 1. The van der Waals surface area contributed by atoms with Gasteiger partial charge in [-0.05, 0) is 23.4 Å². The number of nitrogens with one attached hydrogen (secondary N) is 1. The summed E-state index contributed by atoms with van der Waals surface area (Å²) in [5.41, 5.74) is 0.767. The van der Waals surface area contributed by atoms with E-state index in [4.69, 9.17) is 5.11 Å². The summed E-state index contributed by atoms with van der Waals surface area (Å²) in [5.74, 6) is -2.47. The largest absolute Gasteiger partial charge is 0.480 e. The number of nitrogens with zero attached hydrogens (tertiary/aromatic N) is 1. The highest BCUT2D eigenvalue weighted by Crippen LogP contribution is 2.31. The predicted molar refractivity (Wildman–Crippen MR) is 79.8 cm³/mol. The fourth-order valence-electron chi connectivity index (χ4n) is 1.71. The summed E-state index contributed by atoms with van der Waals surface area (Å²) in [7, 11) is 0. The molecule has 1 saturated heterocycles. The van der Waals surface area contributed by atoms with E-state index in [9.17, 15) is 19.2 Å². The van der Waals surface area contributed by atoms with Crippen LogP contribution in [0, 0.1) is 0 Å². The van der Waals surface area contributed by atoms with Crippen molar-refractivity contribution in [2.45, 2.75) is 0 Å². The van der Waals surface area contributed by atoms with Crippen molar-refractivity contribution in [3.63, 3.8) is 0 Å². The normalized spacial score (nSPS) is 16.2. The molecule has 1 aromatic rings. The molecule has 1 aromatic carbocycles. The maximum Gasteiger partial charge on any atom is 0.322 e. The third kappa shape index (κ3) is 3.95. The number of thioether (sulfide) groups is 1. The fourth-order valence-corrected chi connectivity index (χ4v) is 2.55. The van der Waals surface area contributed by atoms with Crippen LogP contribution in [-0.4, -0.2) is 46.1 Å². The molecule has 0 spiro atoms. The molecule has 0 aliphatic carbocycles. The van der Waals surface area contributed by atoms with Crippen LogP contribution in [0.15, 0.2) is 35.2 Å². The van der Waals surface area contributed by atoms with E-state index in [2.05, 4.69) is 5.32 Å². The van der Waals surface area contributed by atoms with Crippen LogP contribution in [-0.2, 0) is 14.4 Å². The van der Waals surface area contributed by atoms with Crippen LogP contribution in [0.4, 0.5) is 4.79 Å². The molecule has 0 radical (unpaired) electrons. The number of aliphatic carboxylic acids is 1. The topological polar surface area (TPSA) is 104 Å². The van der Waals surface area contributed by atoms with Gasteiger partial charge >= 0.3 is 5.97 Å². The van der Waals surface area contributed by atoms with Crippen LogP contribution < -0.4 is 5.32 Å². The highest BCUT2D eigenvalue weighted by atomic mass is 32.2. The van der Waals surface area contributed by atoms with Gasteiger partial charge in [-0.1, -0.05) is 30.3 Å². The van der Waals surface area contributed by atoms with Gasteiger partial charge in [0.1, 0.15) is 13.1 Å². The second-order valence-corrected chi connectivity index (χ2v) is 5.34. The molecule has 2 rings (SSSR count). The summed E-state index contributed by atoms with van der Waals surface area (Å²) in [5, 5.41) is 10.0. The minimum Gasteiger partial charge on any atom is -0.480 e. The number of rotatable bonds is 5. The summed E-state index contributed by atoms with van der Waals surface area (Å²) in [4.78, 5) is 46.8. The molecule has 1 fully saturated rings. The van der Waals surface area contributed by atoms with Crippen LogP contribution in [0.1, 0.15) is 5.56 Å². The Morgan fingerprint density at radius 1 is 1.23 bits per heavy atom. The Kier molecular flexibility index (Phi) is 4.95. The van der Waals surface area contributed by atoms with E-state index < -0.39 is 36.1 Å². The van der Waals surface area contributed by atoms with Gasteiger partial charge in [0, 0.05) is 0 Å². The molecule has 1 aliphatic rings. The van der Waals surface area contributed by atoms with E-state index in [0.29, 0.717) is 0 Å². The summed E-state index contributed by atoms with van der Waals surface area (Å²) in [6, 6.07) is 9.00. The van der Waals surface area contributed by atoms with E-state index in [-0.39, 0.29) is 4.91 Å². The first-order valence-electron chi connectivity index (χ1n) is 6.26. The number of hydrogen-bond donors (Lipinski definition) is 2. The van der Waals surface area contributed by atoms with Gasteiger partial charge in [-0.25, -0.2) is 0 Å². The first-order chi connectivity index (χ1) is 10.5. The van der Waals surface area contributed by atoms with E-state index in [0.717, 1.165) is 22.2 Å². The number of carbonyl (C=O) groups is 4. The minimum absolute atomic E-state index is 0.224. The molecular formula is C14H12N2O5S. The molecule has 0 saturated carbocycles. The zero-order valence-electron chi connectivity index (χ0n) is 11.3. The van der Waals surface area contributed by atoms with Crippen molar-refractivity contribution in [3.8, 4) is 0 Å². The Morgan fingerprint density at radius 2 is 1.91 bits per heavy atom. The fraction of sp³-hybridized carbons (Fsp3) is 0.143. The second kappa shape index (κ2) is 6.90. The highest BCUT2D eigenvalue weighted by molar-refractivity contribution is 8.18. The third-order valence-electron chi connectivity index (χ3n) is 2.71. The van der Waals surface area contributed by atoms with Crippen molar-refractivity contribution in [1.29, 1.82) is 0 Å². The van der Waals surface area contributed by atoms with Crippen molar-refractivity contribution in [2.24, 2.45) is 0 Å². The average molecular weight is 320 g/mol. The van der Waals surface area contributed by atoms with Crippen LogP contribution in [0.5, 0.6) is 0 Å². The number of hydrogen-bond acceptors (Lipinski definition) is 5. The predicted octanol–water partition coefficient (Wildman–Crippen LogP) is 0.924. The summed E-state index contributed by atoms with van der Waals surface area (Å²) >= 11 is 0.745. The molecule has 0 bridgehead atoms. The summed E-state index contributed by atoms with van der Waals surface area (Å²) in [6.07, 6.45) is 1.57. The van der Waals surface area contributed by atoms with Crippen LogP contribution in [0.25, 0.3) is 6.08 Å². The van der Waals surface area contributed by atoms with Crippen molar-refractivity contribution in [2.75, 3.05) is 13.1 Å². The van der Waals surface area contributed by atoms with Crippen molar-refractivity contribution >= 4 is 40.9 Å². The van der Waals surface area contributed by atoms with Gasteiger partial charge in [0.05, 0.1) is 4.91 Å². The number of carbonyl (C=O) groups excluding carboxylic acids is 3. The van der Waals surface area contributed by atoms with E-state index in [1.54, 1.807) is 30.3 Å².